The number of carbonyl (C=O) groups is 1. The van der Waals surface area contributed by atoms with Crippen LogP contribution < -0.4 is 15.0 Å². The van der Waals surface area contributed by atoms with Crippen LogP contribution in [0.2, 0.25) is 0 Å². The number of amides is 1. The second-order valence-corrected chi connectivity index (χ2v) is 4.38. The van der Waals surface area contributed by atoms with Crippen LogP contribution in [0.15, 0.2) is 18.2 Å². The molecule has 0 atom stereocenters. The molecule has 0 unspecified atom stereocenters. The van der Waals surface area contributed by atoms with Crippen molar-refractivity contribution >= 4 is 27.3 Å². The average Bonchev–Trinajstić information content (AvgIpc) is 2.78. The molecule has 1 heterocycles. The zero-order valence-corrected chi connectivity index (χ0v) is 10.1. The van der Waals surface area contributed by atoms with E-state index in [9.17, 15) is 4.79 Å². The number of fused-ring (bicyclic) bond motifs is 1. The minimum atomic E-state index is -0.524. The zero-order chi connectivity index (χ0) is 12.4. The second kappa shape index (κ2) is 4.60. The Labute approximate surface area is 102 Å². The normalized spacial score (nSPS) is 10.3. The van der Waals surface area contributed by atoms with Gasteiger partial charge in [0.1, 0.15) is 0 Å². The van der Waals surface area contributed by atoms with Crippen LogP contribution in [0, 0.1) is 0 Å². The summed E-state index contributed by atoms with van der Waals surface area (Å²) in [6.07, 6.45) is 0. The van der Waals surface area contributed by atoms with Crippen molar-refractivity contribution in [2.24, 2.45) is 0 Å². The molecule has 6 heteroatoms. The van der Waals surface area contributed by atoms with Crippen LogP contribution >= 0.6 is 11.3 Å². The van der Waals surface area contributed by atoms with E-state index in [-0.39, 0.29) is 0 Å². The van der Waals surface area contributed by atoms with Gasteiger partial charge in [0.25, 0.3) is 5.91 Å². The lowest BCUT2D eigenvalue weighted by Gasteiger charge is -2.06. The molecular weight excluding hydrogens is 242 g/mol. The van der Waals surface area contributed by atoms with Crippen LogP contribution in [0.1, 0.15) is 9.67 Å². The first-order chi connectivity index (χ1) is 8.19. The lowest BCUT2D eigenvalue weighted by Crippen LogP contribution is -2.16. The number of carbonyl (C=O) groups excluding carboxylic acids is 1. The highest BCUT2D eigenvalue weighted by Crippen LogP contribution is 2.36. The van der Waals surface area contributed by atoms with Gasteiger partial charge in [-0.3, -0.25) is 10.0 Å². The van der Waals surface area contributed by atoms with Gasteiger partial charge in [-0.25, -0.2) is 5.48 Å². The molecule has 0 saturated carbocycles. The summed E-state index contributed by atoms with van der Waals surface area (Å²) < 4.78 is 11.2. The van der Waals surface area contributed by atoms with Gasteiger partial charge in [-0.1, -0.05) is 0 Å². The summed E-state index contributed by atoms with van der Waals surface area (Å²) >= 11 is 1.27. The number of ether oxygens (including phenoxy) is 2. The van der Waals surface area contributed by atoms with E-state index in [1.54, 1.807) is 37.9 Å². The van der Waals surface area contributed by atoms with E-state index in [2.05, 4.69) is 0 Å². The van der Waals surface area contributed by atoms with E-state index in [1.165, 1.54) is 11.3 Å². The highest BCUT2D eigenvalue weighted by Gasteiger charge is 2.12. The lowest BCUT2D eigenvalue weighted by atomic mass is 10.2. The SMILES string of the molecule is COc1cc2cc(C(=O)NO)sc2cc1OC. The van der Waals surface area contributed by atoms with Crippen molar-refractivity contribution in [1.82, 2.24) is 5.48 Å². The summed E-state index contributed by atoms with van der Waals surface area (Å²) in [6.45, 7) is 0. The Morgan fingerprint density at radius 1 is 1.24 bits per heavy atom. The van der Waals surface area contributed by atoms with E-state index in [1.807, 2.05) is 0 Å². The maximum atomic E-state index is 11.3. The maximum Gasteiger partial charge on any atom is 0.284 e. The molecule has 17 heavy (non-hydrogen) atoms. The molecule has 1 aromatic carbocycles. The summed E-state index contributed by atoms with van der Waals surface area (Å²) in [5, 5.41) is 9.44. The Kier molecular flexibility index (Phi) is 3.16. The van der Waals surface area contributed by atoms with Gasteiger partial charge in [-0.2, -0.15) is 0 Å². The third kappa shape index (κ3) is 2.04. The topological polar surface area (TPSA) is 67.8 Å². The minimum absolute atomic E-state index is 0.429. The van der Waals surface area contributed by atoms with Crippen molar-refractivity contribution in [3.8, 4) is 11.5 Å². The zero-order valence-electron chi connectivity index (χ0n) is 9.31. The molecule has 0 aliphatic rings. The van der Waals surface area contributed by atoms with Crippen molar-refractivity contribution in [3.63, 3.8) is 0 Å². The first-order valence-electron chi connectivity index (χ1n) is 4.79. The highest BCUT2D eigenvalue weighted by molar-refractivity contribution is 7.20. The molecule has 0 bridgehead atoms. The molecular formula is C11H11NO4S. The fourth-order valence-electron chi connectivity index (χ4n) is 1.53. The van der Waals surface area contributed by atoms with E-state index in [0.717, 1.165) is 10.1 Å². The standard InChI is InChI=1S/C11H11NO4S/c1-15-7-3-6-4-10(11(13)12-14)17-9(6)5-8(7)16-2/h3-5,14H,1-2H3,(H,12,13). The molecule has 1 amide bonds. The van der Waals surface area contributed by atoms with Crippen LogP contribution in [0.5, 0.6) is 11.5 Å². The number of benzene rings is 1. The molecule has 0 spiro atoms. The fraction of sp³-hybridized carbons (Fsp3) is 0.182. The number of rotatable bonds is 3. The highest BCUT2D eigenvalue weighted by atomic mass is 32.1. The van der Waals surface area contributed by atoms with Gasteiger partial charge in [-0.15, -0.1) is 11.3 Å². The molecule has 2 rings (SSSR count). The van der Waals surface area contributed by atoms with Gasteiger partial charge in [0.2, 0.25) is 0 Å². The van der Waals surface area contributed by atoms with Crippen LogP contribution in [-0.4, -0.2) is 25.3 Å². The summed E-state index contributed by atoms with van der Waals surface area (Å²) in [5.74, 6) is 0.690. The summed E-state index contributed by atoms with van der Waals surface area (Å²) in [4.78, 5) is 11.7. The van der Waals surface area contributed by atoms with Crippen LogP contribution in [0.3, 0.4) is 0 Å². The Morgan fingerprint density at radius 2 is 1.88 bits per heavy atom. The molecule has 0 aliphatic heterocycles. The number of hydroxylamine groups is 1. The predicted molar refractivity (Wildman–Crippen MR) is 64.2 cm³/mol. The third-order valence-electron chi connectivity index (χ3n) is 2.35. The number of hydrogen-bond donors (Lipinski definition) is 2. The maximum absolute atomic E-state index is 11.3. The number of methoxy groups -OCH3 is 2. The second-order valence-electron chi connectivity index (χ2n) is 3.30. The number of nitrogens with one attached hydrogen (secondary N) is 1. The Hall–Kier alpha value is -1.79. The van der Waals surface area contributed by atoms with Gasteiger partial charge in [0, 0.05) is 10.8 Å². The largest absolute Gasteiger partial charge is 0.493 e. The first-order valence-corrected chi connectivity index (χ1v) is 5.61. The Morgan fingerprint density at radius 3 is 2.47 bits per heavy atom. The quantitative estimate of drug-likeness (QED) is 0.649. The van der Waals surface area contributed by atoms with Crippen molar-refractivity contribution in [2.75, 3.05) is 14.2 Å². The fourth-order valence-corrected chi connectivity index (χ4v) is 2.50. The van der Waals surface area contributed by atoms with E-state index >= 15 is 0 Å². The van der Waals surface area contributed by atoms with E-state index < -0.39 is 5.91 Å². The summed E-state index contributed by atoms with van der Waals surface area (Å²) in [7, 11) is 3.11. The smallest absolute Gasteiger partial charge is 0.284 e. The average molecular weight is 253 g/mol. The van der Waals surface area contributed by atoms with Gasteiger partial charge >= 0.3 is 0 Å². The molecule has 0 aliphatic carbocycles. The third-order valence-corrected chi connectivity index (χ3v) is 3.44. The van der Waals surface area contributed by atoms with Crippen molar-refractivity contribution in [1.29, 1.82) is 0 Å². The molecule has 0 fully saturated rings. The molecule has 90 valence electrons. The van der Waals surface area contributed by atoms with Gasteiger partial charge in [0.05, 0.1) is 19.1 Å². The van der Waals surface area contributed by atoms with E-state index in [0.29, 0.717) is 16.4 Å². The number of hydrogen-bond acceptors (Lipinski definition) is 5. The van der Waals surface area contributed by atoms with Crippen LogP contribution in [-0.2, 0) is 0 Å². The molecule has 2 N–H and O–H groups in total. The number of thiophene rings is 1. The van der Waals surface area contributed by atoms with Crippen molar-refractivity contribution in [3.05, 3.63) is 23.1 Å². The monoisotopic (exact) mass is 253 g/mol. The molecule has 5 nitrogen and oxygen atoms in total. The molecule has 2 aromatic rings. The van der Waals surface area contributed by atoms with Gasteiger partial charge in [0.15, 0.2) is 11.5 Å². The Balaban J connectivity index is 2.57. The first kappa shape index (κ1) is 11.7. The lowest BCUT2D eigenvalue weighted by molar-refractivity contribution is 0.0711. The minimum Gasteiger partial charge on any atom is -0.493 e. The molecule has 0 radical (unpaired) electrons. The van der Waals surface area contributed by atoms with Crippen molar-refractivity contribution in [2.45, 2.75) is 0 Å². The summed E-state index contributed by atoms with van der Waals surface area (Å²) in [5.41, 5.74) is 1.61. The van der Waals surface area contributed by atoms with E-state index in [4.69, 9.17) is 14.7 Å². The van der Waals surface area contributed by atoms with Crippen LogP contribution in [0.25, 0.3) is 10.1 Å². The Bertz CT molecular complexity index is 523. The van der Waals surface area contributed by atoms with Gasteiger partial charge in [-0.05, 0) is 17.5 Å². The molecule has 0 saturated heterocycles. The van der Waals surface area contributed by atoms with Crippen LogP contribution in [0.4, 0.5) is 0 Å². The summed E-state index contributed by atoms with van der Waals surface area (Å²) in [6, 6.07) is 5.28. The predicted octanol–water partition coefficient (Wildman–Crippen LogP) is 2.04. The van der Waals surface area contributed by atoms with Crippen molar-refractivity contribution < 1.29 is 19.5 Å². The van der Waals surface area contributed by atoms with Gasteiger partial charge < -0.3 is 9.47 Å². The molecule has 1 aromatic heterocycles.